The molecule has 0 atom stereocenters. The third-order valence-electron chi connectivity index (χ3n) is 5.69. The van der Waals surface area contributed by atoms with Crippen molar-refractivity contribution in [3.8, 4) is 11.1 Å². The van der Waals surface area contributed by atoms with E-state index in [-0.39, 0.29) is 5.56 Å². The number of aryl methyl sites for hydroxylation is 2. The predicted molar refractivity (Wildman–Crippen MR) is 119 cm³/mol. The third-order valence-corrected chi connectivity index (χ3v) is 5.69. The van der Waals surface area contributed by atoms with Gasteiger partial charge in [-0.1, -0.05) is 30.3 Å². The van der Waals surface area contributed by atoms with E-state index >= 15 is 4.39 Å². The quantitative estimate of drug-likeness (QED) is 0.268. The first-order chi connectivity index (χ1) is 15.9. The van der Waals surface area contributed by atoms with Crippen LogP contribution in [-0.2, 0) is 24.0 Å². The SMILES string of the molecule is COCCc1cc(F)c(-c2ccc3c(F)c(CCc4ccc(F)c(F)c4)ccc3c2)c(F)c1. The lowest BCUT2D eigenvalue weighted by molar-refractivity contribution is 0.202. The molecule has 170 valence electrons. The second kappa shape index (κ2) is 9.71. The van der Waals surface area contributed by atoms with Gasteiger partial charge in [0.1, 0.15) is 17.5 Å². The Balaban J connectivity index is 1.61. The fraction of sp³-hybridized carbons (Fsp3) is 0.185. The summed E-state index contributed by atoms with van der Waals surface area (Å²) in [4.78, 5) is 0. The van der Waals surface area contributed by atoms with Gasteiger partial charge in [-0.3, -0.25) is 0 Å². The minimum absolute atomic E-state index is 0.166. The molecule has 0 N–H and O–H groups in total. The standard InChI is InChI=1S/C27H21F5O/c1-33-11-10-17-13-24(30)26(25(31)14-17)20-7-8-21-19(15-20)6-5-18(27(21)32)4-2-16-3-9-22(28)23(29)12-16/h3,5-9,12-15H,2,4,10-11H2,1H3. The van der Waals surface area contributed by atoms with Gasteiger partial charge in [0, 0.05) is 12.5 Å². The molecule has 0 aliphatic carbocycles. The fourth-order valence-corrected chi connectivity index (χ4v) is 3.93. The van der Waals surface area contributed by atoms with Gasteiger partial charge in [-0.15, -0.1) is 0 Å². The Hall–Kier alpha value is -3.25. The maximum Gasteiger partial charge on any atom is 0.159 e. The van der Waals surface area contributed by atoms with Crippen LogP contribution in [0, 0.1) is 29.1 Å². The molecule has 0 saturated carbocycles. The third kappa shape index (κ3) is 4.91. The lowest BCUT2D eigenvalue weighted by Crippen LogP contribution is -1.99. The Morgan fingerprint density at radius 3 is 2.06 bits per heavy atom. The van der Waals surface area contributed by atoms with Crippen molar-refractivity contribution in [1.29, 1.82) is 0 Å². The molecule has 0 heterocycles. The van der Waals surface area contributed by atoms with Gasteiger partial charge < -0.3 is 4.74 Å². The van der Waals surface area contributed by atoms with Crippen molar-refractivity contribution in [2.75, 3.05) is 13.7 Å². The summed E-state index contributed by atoms with van der Waals surface area (Å²) in [7, 11) is 1.52. The molecule has 4 aromatic carbocycles. The Morgan fingerprint density at radius 2 is 1.36 bits per heavy atom. The molecule has 0 unspecified atom stereocenters. The number of fused-ring (bicyclic) bond motifs is 1. The van der Waals surface area contributed by atoms with Crippen LogP contribution in [0.4, 0.5) is 22.0 Å². The van der Waals surface area contributed by atoms with Crippen molar-refractivity contribution in [1.82, 2.24) is 0 Å². The first-order valence-corrected chi connectivity index (χ1v) is 10.5. The van der Waals surface area contributed by atoms with Crippen LogP contribution in [0.2, 0.25) is 0 Å². The largest absolute Gasteiger partial charge is 0.384 e. The molecular weight excluding hydrogens is 435 g/mol. The van der Waals surface area contributed by atoms with Crippen molar-refractivity contribution in [3.63, 3.8) is 0 Å². The van der Waals surface area contributed by atoms with Crippen LogP contribution >= 0.6 is 0 Å². The molecule has 4 rings (SSSR count). The van der Waals surface area contributed by atoms with E-state index in [0.29, 0.717) is 58.9 Å². The van der Waals surface area contributed by atoms with Crippen molar-refractivity contribution in [2.24, 2.45) is 0 Å². The summed E-state index contributed by atoms with van der Waals surface area (Å²) in [6.07, 6.45) is 1.02. The molecule has 0 bridgehead atoms. The van der Waals surface area contributed by atoms with Crippen LogP contribution in [-0.4, -0.2) is 13.7 Å². The normalized spacial score (nSPS) is 11.3. The Morgan fingerprint density at radius 1 is 0.636 bits per heavy atom. The summed E-state index contributed by atoms with van der Waals surface area (Å²) in [5, 5.41) is 0.822. The zero-order valence-corrected chi connectivity index (χ0v) is 17.9. The number of methoxy groups -OCH3 is 1. The topological polar surface area (TPSA) is 9.23 Å². The summed E-state index contributed by atoms with van der Waals surface area (Å²) < 4.78 is 75.9. The molecule has 0 aliphatic heterocycles. The van der Waals surface area contributed by atoms with E-state index in [1.54, 1.807) is 18.2 Å². The maximum absolute atomic E-state index is 15.1. The molecule has 6 heteroatoms. The van der Waals surface area contributed by atoms with Gasteiger partial charge >= 0.3 is 0 Å². The Kier molecular flexibility index (Phi) is 6.75. The number of ether oxygens (including phenoxy) is 1. The van der Waals surface area contributed by atoms with E-state index in [1.807, 2.05) is 0 Å². The van der Waals surface area contributed by atoms with Gasteiger partial charge in [0.15, 0.2) is 11.6 Å². The van der Waals surface area contributed by atoms with Crippen LogP contribution in [0.3, 0.4) is 0 Å². The van der Waals surface area contributed by atoms with Crippen LogP contribution in [0.5, 0.6) is 0 Å². The van der Waals surface area contributed by atoms with Crippen molar-refractivity contribution in [3.05, 3.63) is 106 Å². The summed E-state index contributed by atoms with van der Waals surface area (Å²) in [5.74, 6) is -3.69. The van der Waals surface area contributed by atoms with Crippen molar-refractivity contribution < 1.29 is 26.7 Å². The number of benzene rings is 4. The van der Waals surface area contributed by atoms with Gasteiger partial charge in [-0.25, -0.2) is 22.0 Å². The molecule has 0 saturated heterocycles. The lowest BCUT2D eigenvalue weighted by atomic mass is 9.96. The Bertz CT molecular complexity index is 1290. The van der Waals surface area contributed by atoms with Crippen LogP contribution < -0.4 is 0 Å². The first kappa shape index (κ1) is 22.9. The highest BCUT2D eigenvalue weighted by molar-refractivity contribution is 5.88. The van der Waals surface area contributed by atoms with E-state index in [4.69, 9.17) is 4.74 Å². The highest BCUT2D eigenvalue weighted by atomic mass is 19.2. The van der Waals surface area contributed by atoms with Gasteiger partial charge in [0.05, 0.1) is 12.2 Å². The molecule has 0 aliphatic rings. The molecule has 4 aromatic rings. The van der Waals surface area contributed by atoms with Crippen molar-refractivity contribution in [2.45, 2.75) is 19.3 Å². The molecule has 0 amide bonds. The zero-order chi connectivity index (χ0) is 23.5. The van der Waals surface area contributed by atoms with E-state index in [0.717, 1.165) is 12.1 Å². The average Bonchev–Trinajstić information content (AvgIpc) is 2.79. The monoisotopic (exact) mass is 456 g/mol. The van der Waals surface area contributed by atoms with Gasteiger partial charge in [-0.2, -0.15) is 0 Å². The van der Waals surface area contributed by atoms with Crippen LogP contribution in [0.1, 0.15) is 16.7 Å². The minimum atomic E-state index is -0.940. The fourth-order valence-electron chi connectivity index (χ4n) is 3.93. The van der Waals surface area contributed by atoms with E-state index in [1.165, 1.54) is 37.4 Å². The van der Waals surface area contributed by atoms with Crippen LogP contribution in [0.25, 0.3) is 21.9 Å². The molecule has 0 spiro atoms. The minimum Gasteiger partial charge on any atom is -0.384 e. The molecule has 0 fully saturated rings. The summed E-state index contributed by atoms with van der Waals surface area (Å²) in [6.45, 7) is 0.353. The Labute approximate surface area is 188 Å². The first-order valence-electron chi connectivity index (χ1n) is 10.5. The number of rotatable bonds is 7. The molecule has 0 aromatic heterocycles. The highest BCUT2D eigenvalue weighted by Crippen LogP contribution is 2.32. The molecule has 0 radical (unpaired) electrons. The van der Waals surface area contributed by atoms with Gasteiger partial charge in [0.25, 0.3) is 0 Å². The number of hydrogen-bond donors (Lipinski definition) is 0. The van der Waals surface area contributed by atoms with E-state index in [2.05, 4.69) is 0 Å². The smallest absolute Gasteiger partial charge is 0.159 e. The van der Waals surface area contributed by atoms with E-state index < -0.39 is 29.1 Å². The average molecular weight is 456 g/mol. The summed E-state index contributed by atoms with van der Waals surface area (Å²) >= 11 is 0. The summed E-state index contributed by atoms with van der Waals surface area (Å²) in [5.41, 5.74) is 1.61. The lowest BCUT2D eigenvalue weighted by Gasteiger charge is -2.11. The summed E-state index contributed by atoms with van der Waals surface area (Å²) in [6, 6.07) is 14.0. The van der Waals surface area contributed by atoms with Gasteiger partial charge in [-0.05, 0) is 77.2 Å². The highest BCUT2D eigenvalue weighted by Gasteiger charge is 2.16. The maximum atomic E-state index is 15.1. The molecular formula is C27H21F5O. The van der Waals surface area contributed by atoms with Crippen LogP contribution in [0.15, 0.2) is 60.7 Å². The van der Waals surface area contributed by atoms with Crippen molar-refractivity contribution >= 4 is 10.8 Å². The molecule has 1 nitrogen and oxygen atoms in total. The second-order valence-electron chi connectivity index (χ2n) is 7.90. The second-order valence-corrected chi connectivity index (χ2v) is 7.90. The van der Waals surface area contributed by atoms with E-state index in [9.17, 15) is 17.6 Å². The number of hydrogen-bond acceptors (Lipinski definition) is 1. The number of halogens is 5. The van der Waals surface area contributed by atoms with Gasteiger partial charge in [0.2, 0.25) is 0 Å². The predicted octanol–water partition coefficient (Wildman–Crippen LogP) is 7.18. The zero-order valence-electron chi connectivity index (χ0n) is 17.9. The molecule has 33 heavy (non-hydrogen) atoms.